The van der Waals surface area contributed by atoms with Gasteiger partial charge in [-0.2, -0.15) is 0 Å². The molecule has 4 N–H and O–H groups in total. The number of aryl methyl sites for hydroxylation is 1. The van der Waals surface area contributed by atoms with Gasteiger partial charge in [-0.3, -0.25) is 9.59 Å². The molecule has 2 aliphatic rings. The van der Waals surface area contributed by atoms with E-state index in [4.69, 9.17) is 14.5 Å². The highest BCUT2D eigenvalue weighted by molar-refractivity contribution is 5.91. The van der Waals surface area contributed by atoms with Crippen LogP contribution in [0.2, 0.25) is 0 Å². The number of carbonyl (C=O) groups is 2. The van der Waals surface area contributed by atoms with E-state index in [0.717, 1.165) is 16.5 Å². The monoisotopic (exact) mass is 479 g/mol. The summed E-state index contributed by atoms with van der Waals surface area (Å²) in [7, 11) is 1.57. The normalized spacial score (nSPS) is 20.8. The maximum Gasteiger partial charge on any atom is 0.343 e. The first kappa shape index (κ1) is 23.0. The molecule has 3 heterocycles. The summed E-state index contributed by atoms with van der Waals surface area (Å²) in [4.78, 5) is 44.8. The Morgan fingerprint density at radius 1 is 1.31 bits per heavy atom. The number of fused-ring (bicyclic) bond motifs is 1. The van der Waals surface area contributed by atoms with Gasteiger partial charge < -0.3 is 30.0 Å². The van der Waals surface area contributed by atoms with Crippen LogP contribution in [0.1, 0.15) is 48.1 Å². The van der Waals surface area contributed by atoms with Gasteiger partial charge in [-0.25, -0.2) is 9.78 Å². The number of ether oxygens (including phenoxy) is 2. The van der Waals surface area contributed by atoms with Gasteiger partial charge in [0.25, 0.3) is 5.56 Å². The Balaban J connectivity index is 1.74. The third-order valence-electron chi connectivity index (χ3n) is 6.84. The van der Waals surface area contributed by atoms with Gasteiger partial charge in [-0.15, -0.1) is 0 Å². The molecule has 0 saturated heterocycles. The summed E-state index contributed by atoms with van der Waals surface area (Å²) in [6.45, 7) is 0.785. The number of cyclic esters (lactones) is 1. The predicted molar refractivity (Wildman–Crippen MR) is 125 cm³/mol. The molecule has 2 aromatic heterocycles. The summed E-state index contributed by atoms with van der Waals surface area (Å²) in [5, 5.41) is 24.0. The Bertz CT molecular complexity index is 1430. The van der Waals surface area contributed by atoms with Crippen LogP contribution < -0.4 is 15.6 Å². The van der Waals surface area contributed by atoms with Crippen molar-refractivity contribution in [2.75, 3.05) is 13.7 Å². The molecule has 1 aliphatic heterocycles. The quantitative estimate of drug-likeness (QED) is 0.401. The zero-order valence-electron chi connectivity index (χ0n) is 19.3. The van der Waals surface area contributed by atoms with Gasteiger partial charge in [0, 0.05) is 17.0 Å². The van der Waals surface area contributed by atoms with Crippen molar-refractivity contribution in [2.45, 2.75) is 44.4 Å². The maximum atomic E-state index is 12.9. The van der Waals surface area contributed by atoms with E-state index >= 15 is 0 Å². The van der Waals surface area contributed by atoms with Crippen LogP contribution in [-0.2, 0) is 33.0 Å². The summed E-state index contributed by atoms with van der Waals surface area (Å²) in [5.74, 6) is -0.665. The van der Waals surface area contributed by atoms with Crippen LogP contribution in [0, 0.1) is 0 Å². The number of hydrogen-bond acceptors (Lipinski definition) is 8. The minimum Gasteiger partial charge on any atom is -0.497 e. The van der Waals surface area contributed by atoms with Crippen molar-refractivity contribution >= 4 is 22.8 Å². The highest BCUT2D eigenvalue weighted by atomic mass is 16.6. The number of esters is 1. The Morgan fingerprint density at radius 2 is 2.11 bits per heavy atom. The summed E-state index contributed by atoms with van der Waals surface area (Å²) in [6, 6.07) is 6.69. The molecule has 1 amide bonds. The molecule has 182 valence electrons. The number of benzene rings is 1. The summed E-state index contributed by atoms with van der Waals surface area (Å²) in [6.07, 6.45) is 1.32. The molecule has 0 unspecified atom stereocenters. The Kier molecular flexibility index (Phi) is 5.57. The average Bonchev–Trinajstić information content (AvgIpc) is 2.87. The molecule has 5 rings (SSSR count). The first-order chi connectivity index (χ1) is 16.8. The number of aliphatic hydroxyl groups excluding tert-OH is 1. The Morgan fingerprint density at radius 3 is 2.83 bits per heavy atom. The molecule has 0 saturated carbocycles. The summed E-state index contributed by atoms with van der Waals surface area (Å²) < 4.78 is 10.5. The molecule has 2 atom stereocenters. The standard InChI is InChI=1S/C25H25N3O7/c1-3-25(33)16-9-19(28-23(31)15(16)11-35-24(25)32)18-8-14-17(27-21(30)10-29)5-4-12-6-13(34-2)7-20(26-18)22(12)14/h6-9,17,29,33H,3-5,10-11H2,1-2H3,(H,27,30)(H,28,31)/t17-,25-/m0/s1. The van der Waals surface area contributed by atoms with Crippen LogP contribution in [0.25, 0.3) is 22.3 Å². The first-order valence-corrected chi connectivity index (χ1v) is 11.4. The SMILES string of the molecule is CC[C@@]1(O)C(=O)OCc2c1cc(-c1cc3c4c(cc(OC)cc4n1)CC[C@@H]3NC(=O)CO)[nH]c2=O. The topological polar surface area (TPSA) is 151 Å². The number of hydrogen-bond donors (Lipinski definition) is 4. The summed E-state index contributed by atoms with van der Waals surface area (Å²) >= 11 is 0. The Labute approximate surface area is 199 Å². The number of rotatable bonds is 5. The number of aromatic nitrogens is 2. The van der Waals surface area contributed by atoms with E-state index in [1.807, 2.05) is 6.07 Å². The van der Waals surface area contributed by atoms with E-state index in [1.54, 1.807) is 32.2 Å². The van der Waals surface area contributed by atoms with Crippen LogP contribution in [0.15, 0.2) is 29.1 Å². The van der Waals surface area contributed by atoms with E-state index in [2.05, 4.69) is 10.3 Å². The van der Waals surface area contributed by atoms with Crippen LogP contribution in [0.5, 0.6) is 5.75 Å². The molecule has 10 heteroatoms. The van der Waals surface area contributed by atoms with Crippen LogP contribution in [0.4, 0.5) is 0 Å². The van der Waals surface area contributed by atoms with E-state index in [9.17, 15) is 24.6 Å². The lowest BCUT2D eigenvalue weighted by molar-refractivity contribution is -0.172. The van der Waals surface area contributed by atoms with Gasteiger partial charge in [0.1, 0.15) is 19.0 Å². The molecule has 1 aromatic carbocycles. The fourth-order valence-corrected chi connectivity index (χ4v) is 4.97. The minimum atomic E-state index is -1.93. The van der Waals surface area contributed by atoms with E-state index in [0.29, 0.717) is 35.5 Å². The molecule has 1 aliphatic carbocycles. The van der Waals surface area contributed by atoms with Crippen molar-refractivity contribution < 1.29 is 29.3 Å². The van der Waals surface area contributed by atoms with E-state index in [1.165, 1.54) is 0 Å². The molecule has 0 radical (unpaired) electrons. The third kappa shape index (κ3) is 3.65. The number of aromatic amines is 1. The van der Waals surface area contributed by atoms with Crippen LogP contribution >= 0.6 is 0 Å². The van der Waals surface area contributed by atoms with E-state index in [-0.39, 0.29) is 30.2 Å². The molecule has 0 bridgehead atoms. The van der Waals surface area contributed by atoms with Gasteiger partial charge in [-0.1, -0.05) is 6.92 Å². The van der Waals surface area contributed by atoms with Crippen molar-refractivity contribution in [3.8, 4) is 17.1 Å². The Hall–Kier alpha value is -3.76. The van der Waals surface area contributed by atoms with Crippen LogP contribution in [-0.4, -0.2) is 45.8 Å². The maximum absolute atomic E-state index is 12.9. The number of pyridine rings is 2. The van der Waals surface area contributed by atoms with Gasteiger partial charge in [0.2, 0.25) is 5.91 Å². The molecule has 35 heavy (non-hydrogen) atoms. The first-order valence-electron chi connectivity index (χ1n) is 11.4. The van der Waals surface area contributed by atoms with E-state index < -0.39 is 29.6 Å². The third-order valence-corrected chi connectivity index (χ3v) is 6.84. The van der Waals surface area contributed by atoms with Crippen LogP contribution in [0.3, 0.4) is 0 Å². The zero-order chi connectivity index (χ0) is 24.9. The fourth-order valence-electron chi connectivity index (χ4n) is 4.97. The molecule has 0 fully saturated rings. The number of methoxy groups -OCH3 is 1. The predicted octanol–water partition coefficient (Wildman–Crippen LogP) is 1.35. The van der Waals surface area contributed by atoms with Gasteiger partial charge in [0.15, 0.2) is 5.60 Å². The smallest absolute Gasteiger partial charge is 0.343 e. The highest BCUT2D eigenvalue weighted by Crippen LogP contribution is 2.40. The van der Waals surface area contributed by atoms with Crippen molar-refractivity contribution in [1.29, 1.82) is 0 Å². The van der Waals surface area contributed by atoms with Gasteiger partial charge in [0.05, 0.1) is 35.6 Å². The number of nitrogens with zero attached hydrogens (tertiary/aromatic N) is 1. The second kappa shape index (κ2) is 8.47. The van der Waals surface area contributed by atoms with Crippen molar-refractivity contribution in [3.05, 3.63) is 56.9 Å². The van der Waals surface area contributed by atoms with Crippen molar-refractivity contribution in [1.82, 2.24) is 15.3 Å². The summed E-state index contributed by atoms with van der Waals surface area (Å²) in [5.41, 5.74) is 1.10. The lowest BCUT2D eigenvalue weighted by atomic mass is 9.84. The van der Waals surface area contributed by atoms with Crippen molar-refractivity contribution in [3.63, 3.8) is 0 Å². The number of carbonyl (C=O) groups excluding carboxylic acids is 2. The molecule has 10 nitrogen and oxygen atoms in total. The number of amides is 1. The zero-order valence-corrected chi connectivity index (χ0v) is 19.3. The number of aliphatic hydroxyl groups is 2. The molecular weight excluding hydrogens is 454 g/mol. The average molecular weight is 479 g/mol. The second-order valence-electron chi connectivity index (χ2n) is 8.79. The lowest BCUT2D eigenvalue weighted by Crippen LogP contribution is -2.43. The van der Waals surface area contributed by atoms with Gasteiger partial charge in [-0.05, 0) is 48.6 Å². The fraction of sp³-hybridized carbons (Fsp3) is 0.360. The largest absolute Gasteiger partial charge is 0.497 e. The number of nitrogens with one attached hydrogen (secondary N) is 2. The van der Waals surface area contributed by atoms with Crippen molar-refractivity contribution in [2.24, 2.45) is 0 Å². The minimum absolute atomic E-state index is 0.0357. The second-order valence-corrected chi connectivity index (χ2v) is 8.79. The molecular formula is C25H25N3O7. The lowest BCUT2D eigenvalue weighted by Gasteiger charge is -2.31. The highest BCUT2D eigenvalue weighted by Gasteiger charge is 2.44. The van der Waals surface area contributed by atoms with Gasteiger partial charge >= 0.3 is 5.97 Å². The molecule has 0 spiro atoms. The number of H-pyrrole nitrogens is 1. The molecule has 3 aromatic rings.